The third-order valence-electron chi connectivity index (χ3n) is 6.20. The molecule has 0 aromatic rings. The van der Waals surface area contributed by atoms with Gasteiger partial charge in [0.15, 0.2) is 0 Å². The lowest BCUT2D eigenvalue weighted by atomic mass is 10.3. The molecule has 256 valence electrons. The third-order valence-corrected chi connectivity index (χ3v) is 7.71. The van der Waals surface area contributed by atoms with Gasteiger partial charge >= 0.3 is 17.9 Å². The third kappa shape index (κ3) is 19.6. The molecule has 0 aromatic heterocycles. The van der Waals surface area contributed by atoms with E-state index in [2.05, 4.69) is 15.4 Å². The Bertz CT molecular complexity index is 1060. The zero-order valence-electron chi connectivity index (χ0n) is 24.3. The maximum absolute atomic E-state index is 13.0. The summed E-state index contributed by atoms with van der Waals surface area (Å²) in [6.07, 6.45) is 0.909. The van der Waals surface area contributed by atoms with Gasteiger partial charge in [-0.25, -0.2) is 13.1 Å². The fourth-order valence-electron chi connectivity index (χ4n) is 4.18. The molecule has 1 fully saturated rings. The van der Waals surface area contributed by atoms with Crippen molar-refractivity contribution >= 4 is 50.6 Å². The molecule has 1 aliphatic rings. The number of carboxylic acids is 3. The number of amides is 2. The van der Waals surface area contributed by atoms with Gasteiger partial charge in [-0.3, -0.25) is 43.6 Å². The van der Waals surface area contributed by atoms with Gasteiger partial charge in [0.05, 0.1) is 49.1 Å². The summed E-state index contributed by atoms with van der Waals surface area (Å²) in [7, 11) is -7.78. The number of carbonyl (C=O) groups excluding carboxylic acids is 2. The van der Waals surface area contributed by atoms with Crippen molar-refractivity contribution < 1.29 is 61.4 Å². The molecule has 0 unspecified atom stereocenters. The standard InChI is InChI=1S/C22H43N7O13S2/c1-43(38,39)24-3-2-23-22(37)17(16-44(40,41)42)25-18(30)12-26-4-6-27(13-19(31)32)8-10-29(15-21(35)36)11-9-28(7-5-26)14-20(33)34/h17,24,40-42H,2-16H2,1H3,(H,23,37)(H,25,30)(H,31,32)(H,33,34)(H,35,36)/t17-/m0/s1. The molecule has 9 N–H and O–H groups in total. The number of carbonyl (C=O) groups is 5. The minimum atomic E-state index is -4.24. The SMILES string of the molecule is CS(=O)(=O)NCCNC(=O)[C@H](CS(O)(O)O)NC(=O)CN1CCN(CC(=O)O)CCN(CC(=O)O)CCN(CC(=O)O)CC1. The number of hydrogen-bond donors (Lipinski definition) is 9. The van der Waals surface area contributed by atoms with E-state index >= 15 is 0 Å². The van der Waals surface area contributed by atoms with E-state index in [0.29, 0.717) is 0 Å². The normalized spacial score (nSPS) is 18.4. The van der Waals surface area contributed by atoms with Gasteiger partial charge in [-0.05, 0) is 0 Å². The summed E-state index contributed by atoms with van der Waals surface area (Å²) in [5.74, 6) is -6.00. The van der Waals surface area contributed by atoms with Gasteiger partial charge in [-0.2, -0.15) is 0 Å². The molecule has 1 rings (SSSR count). The van der Waals surface area contributed by atoms with E-state index in [-0.39, 0.29) is 91.6 Å². The molecule has 44 heavy (non-hydrogen) atoms. The summed E-state index contributed by atoms with van der Waals surface area (Å²) >= 11 is 0. The van der Waals surface area contributed by atoms with Gasteiger partial charge < -0.3 is 39.6 Å². The Kier molecular flexibility index (Phi) is 17.0. The highest BCUT2D eigenvalue weighted by Gasteiger charge is 2.29. The first-order valence-corrected chi connectivity index (χ1v) is 16.9. The number of nitrogens with zero attached hydrogens (tertiary/aromatic N) is 4. The molecule has 0 spiro atoms. The number of aliphatic carboxylic acids is 3. The van der Waals surface area contributed by atoms with Crippen molar-refractivity contribution in [1.82, 2.24) is 35.0 Å². The van der Waals surface area contributed by atoms with Crippen molar-refractivity contribution in [2.75, 3.05) is 104 Å². The molecular weight excluding hydrogens is 634 g/mol. The molecule has 0 aliphatic carbocycles. The second kappa shape index (κ2) is 19.0. The molecular formula is C22H43N7O13S2. The van der Waals surface area contributed by atoms with Crippen LogP contribution >= 0.6 is 10.9 Å². The Morgan fingerprint density at radius 1 is 0.659 bits per heavy atom. The zero-order chi connectivity index (χ0) is 33.5. The van der Waals surface area contributed by atoms with E-state index in [4.69, 9.17) is 0 Å². The summed E-state index contributed by atoms with van der Waals surface area (Å²) in [5.41, 5.74) is 0. The molecule has 0 bridgehead atoms. The van der Waals surface area contributed by atoms with Crippen molar-refractivity contribution in [2.45, 2.75) is 6.04 Å². The fraction of sp³-hybridized carbons (Fsp3) is 0.773. The Morgan fingerprint density at radius 3 is 1.34 bits per heavy atom. The van der Waals surface area contributed by atoms with Crippen LogP contribution < -0.4 is 15.4 Å². The van der Waals surface area contributed by atoms with E-state index in [0.717, 1.165) is 6.26 Å². The van der Waals surface area contributed by atoms with Crippen LogP contribution in [0.25, 0.3) is 0 Å². The molecule has 0 aromatic carbocycles. The van der Waals surface area contributed by atoms with E-state index in [1.807, 2.05) is 0 Å². The van der Waals surface area contributed by atoms with Crippen LogP contribution in [-0.2, 0) is 34.0 Å². The van der Waals surface area contributed by atoms with Gasteiger partial charge in [-0.15, -0.1) is 0 Å². The summed E-state index contributed by atoms with van der Waals surface area (Å²) in [6.45, 7) is -0.627. The van der Waals surface area contributed by atoms with Crippen molar-refractivity contribution in [2.24, 2.45) is 0 Å². The molecule has 1 atom stereocenters. The molecule has 0 saturated carbocycles. The minimum Gasteiger partial charge on any atom is -0.480 e. The van der Waals surface area contributed by atoms with E-state index in [1.165, 1.54) is 0 Å². The smallest absolute Gasteiger partial charge is 0.317 e. The quantitative estimate of drug-likeness (QED) is 0.0700. The molecule has 1 heterocycles. The second-order valence-corrected chi connectivity index (χ2v) is 13.6. The Morgan fingerprint density at radius 2 is 1.02 bits per heavy atom. The Hall–Kier alpha value is -2.67. The molecule has 1 saturated heterocycles. The maximum Gasteiger partial charge on any atom is 0.317 e. The average Bonchev–Trinajstić information content (AvgIpc) is 2.85. The Balaban J connectivity index is 3.04. The van der Waals surface area contributed by atoms with Crippen LogP contribution in [0.2, 0.25) is 0 Å². The van der Waals surface area contributed by atoms with Crippen LogP contribution in [0.4, 0.5) is 0 Å². The Labute approximate surface area is 256 Å². The zero-order valence-corrected chi connectivity index (χ0v) is 26.0. The minimum absolute atomic E-state index is 0.115. The molecule has 20 nitrogen and oxygen atoms in total. The topological polar surface area (TPSA) is 290 Å². The van der Waals surface area contributed by atoms with Crippen LogP contribution in [0.1, 0.15) is 0 Å². The lowest BCUT2D eigenvalue weighted by molar-refractivity contribution is -0.140. The number of sulfonamides is 1. The van der Waals surface area contributed by atoms with Gasteiger partial charge in [0, 0.05) is 65.4 Å². The summed E-state index contributed by atoms with van der Waals surface area (Å²) in [5, 5.41) is 32.5. The lowest BCUT2D eigenvalue weighted by Gasteiger charge is -2.33. The molecule has 22 heteroatoms. The summed E-state index contributed by atoms with van der Waals surface area (Å²) in [6, 6.07) is -1.62. The van der Waals surface area contributed by atoms with E-state index in [9.17, 15) is 61.4 Å². The first kappa shape index (κ1) is 39.4. The highest BCUT2D eigenvalue weighted by Crippen LogP contribution is 2.33. The fourth-order valence-corrected chi connectivity index (χ4v) is 5.33. The van der Waals surface area contributed by atoms with Crippen molar-refractivity contribution in [3.63, 3.8) is 0 Å². The van der Waals surface area contributed by atoms with Gasteiger partial charge in [0.1, 0.15) is 6.04 Å². The molecule has 0 radical (unpaired) electrons. The van der Waals surface area contributed by atoms with Gasteiger partial charge in [0.25, 0.3) is 0 Å². The number of hydrogen-bond acceptors (Lipinski definition) is 14. The largest absolute Gasteiger partial charge is 0.480 e. The number of nitrogens with one attached hydrogen (secondary N) is 3. The van der Waals surface area contributed by atoms with Crippen molar-refractivity contribution in [1.29, 1.82) is 0 Å². The van der Waals surface area contributed by atoms with Crippen LogP contribution in [0.5, 0.6) is 0 Å². The van der Waals surface area contributed by atoms with Crippen LogP contribution in [-0.4, -0.2) is 196 Å². The van der Waals surface area contributed by atoms with Crippen molar-refractivity contribution in [3.05, 3.63) is 0 Å². The highest BCUT2D eigenvalue weighted by molar-refractivity contribution is 8.19. The summed E-state index contributed by atoms with van der Waals surface area (Å²) in [4.78, 5) is 66.0. The lowest BCUT2D eigenvalue weighted by Crippen LogP contribution is -2.54. The maximum atomic E-state index is 13.0. The predicted octanol–water partition coefficient (Wildman–Crippen LogP) is -4.16. The second-order valence-electron chi connectivity index (χ2n) is 10.2. The number of carboxylic acid groups (broad SMARTS) is 3. The summed E-state index contributed by atoms with van der Waals surface area (Å²) < 4.78 is 53.0. The number of rotatable bonds is 16. The average molecular weight is 678 g/mol. The first-order chi connectivity index (χ1) is 20.3. The van der Waals surface area contributed by atoms with E-state index < -0.39 is 62.4 Å². The highest BCUT2D eigenvalue weighted by atomic mass is 32.3. The first-order valence-electron chi connectivity index (χ1n) is 13.4. The monoisotopic (exact) mass is 677 g/mol. The van der Waals surface area contributed by atoms with Crippen LogP contribution in [0, 0.1) is 0 Å². The van der Waals surface area contributed by atoms with Crippen LogP contribution in [0.3, 0.4) is 0 Å². The van der Waals surface area contributed by atoms with Crippen LogP contribution in [0.15, 0.2) is 0 Å². The van der Waals surface area contributed by atoms with Crippen molar-refractivity contribution in [3.8, 4) is 0 Å². The predicted molar refractivity (Wildman–Crippen MR) is 157 cm³/mol. The molecule has 1 aliphatic heterocycles. The van der Waals surface area contributed by atoms with E-state index in [1.54, 1.807) is 19.6 Å². The van der Waals surface area contributed by atoms with Gasteiger partial charge in [-0.1, -0.05) is 0 Å². The van der Waals surface area contributed by atoms with Gasteiger partial charge in [0.2, 0.25) is 21.8 Å². The molecule has 2 amide bonds.